The van der Waals surface area contributed by atoms with Gasteiger partial charge in [0.15, 0.2) is 0 Å². The van der Waals surface area contributed by atoms with Gasteiger partial charge in [-0.25, -0.2) is 4.79 Å². The van der Waals surface area contributed by atoms with Gasteiger partial charge in [-0.15, -0.1) is 0 Å². The summed E-state index contributed by atoms with van der Waals surface area (Å²) < 4.78 is 5.19. The summed E-state index contributed by atoms with van der Waals surface area (Å²) in [6.07, 6.45) is 0. The van der Waals surface area contributed by atoms with E-state index in [9.17, 15) is 4.79 Å². The minimum Gasteiger partial charge on any atom is -0.457 e. The number of hydrogen-bond donors (Lipinski definition) is 1. The van der Waals surface area contributed by atoms with Crippen LogP contribution >= 0.6 is 11.3 Å². The van der Waals surface area contributed by atoms with Gasteiger partial charge in [0.2, 0.25) is 0 Å². The normalized spacial score (nSPS) is 10.2. The lowest BCUT2D eigenvalue weighted by molar-refractivity contribution is 0.0473. The number of anilines is 1. The van der Waals surface area contributed by atoms with E-state index in [1.807, 2.05) is 23.8 Å². The van der Waals surface area contributed by atoms with Crippen LogP contribution in [0.2, 0.25) is 0 Å². The average Bonchev–Trinajstić information content (AvgIpc) is 2.82. The van der Waals surface area contributed by atoms with Crippen molar-refractivity contribution in [1.29, 1.82) is 0 Å². The number of rotatable bonds is 3. The molecule has 0 atom stereocenters. The van der Waals surface area contributed by atoms with E-state index in [1.54, 1.807) is 29.5 Å². The van der Waals surface area contributed by atoms with Crippen molar-refractivity contribution in [3.8, 4) is 0 Å². The van der Waals surface area contributed by atoms with Crippen LogP contribution < -0.4 is 5.73 Å². The maximum atomic E-state index is 11.7. The summed E-state index contributed by atoms with van der Waals surface area (Å²) in [5, 5.41) is 3.91. The fourth-order valence-electron chi connectivity index (χ4n) is 1.41. The highest BCUT2D eigenvalue weighted by Crippen LogP contribution is 2.14. The Morgan fingerprint density at radius 2 is 2.24 bits per heavy atom. The lowest BCUT2D eigenvalue weighted by Gasteiger charge is -2.05. The van der Waals surface area contributed by atoms with Crippen molar-refractivity contribution in [2.75, 3.05) is 5.73 Å². The number of nitrogen functional groups attached to an aromatic ring is 1. The minimum atomic E-state index is -0.320. The predicted octanol–water partition coefficient (Wildman–Crippen LogP) is 3.00. The molecule has 2 rings (SSSR count). The van der Waals surface area contributed by atoms with Crippen LogP contribution in [-0.4, -0.2) is 5.97 Å². The summed E-state index contributed by atoms with van der Waals surface area (Å²) in [6, 6.07) is 7.08. The van der Waals surface area contributed by atoms with Crippen molar-refractivity contribution in [2.45, 2.75) is 13.5 Å². The Balaban J connectivity index is 2.02. The standard InChI is InChI=1S/C13H13NO2S/c1-9-6-11(2-3-12(9)14)13(15)16-7-10-4-5-17-8-10/h2-6,8H,7,14H2,1H3. The third kappa shape index (κ3) is 2.85. The molecule has 2 aromatic rings. The number of carbonyl (C=O) groups excluding carboxylic acids is 1. The third-order valence-corrected chi connectivity index (χ3v) is 3.19. The van der Waals surface area contributed by atoms with Gasteiger partial charge in [-0.1, -0.05) is 0 Å². The SMILES string of the molecule is Cc1cc(C(=O)OCc2ccsc2)ccc1N. The van der Waals surface area contributed by atoms with Gasteiger partial charge in [0.05, 0.1) is 5.56 Å². The second-order valence-corrected chi connectivity index (χ2v) is 4.56. The maximum absolute atomic E-state index is 11.7. The number of hydrogen-bond acceptors (Lipinski definition) is 4. The van der Waals surface area contributed by atoms with Gasteiger partial charge in [-0.05, 0) is 47.5 Å². The van der Waals surface area contributed by atoms with Crippen LogP contribution in [0.3, 0.4) is 0 Å². The van der Waals surface area contributed by atoms with Gasteiger partial charge in [-0.2, -0.15) is 11.3 Å². The first kappa shape index (κ1) is 11.7. The zero-order chi connectivity index (χ0) is 12.3. The number of nitrogens with two attached hydrogens (primary N) is 1. The monoisotopic (exact) mass is 247 g/mol. The van der Waals surface area contributed by atoms with E-state index in [2.05, 4.69) is 0 Å². The highest BCUT2D eigenvalue weighted by Gasteiger charge is 2.08. The van der Waals surface area contributed by atoms with Gasteiger partial charge in [0, 0.05) is 11.3 Å². The van der Waals surface area contributed by atoms with Crippen LogP contribution in [0.15, 0.2) is 35.0 Å². The summed E-state index contributed by atoms with van der Waals surface area (Å²) in [6.45, 7) is 2.18. The predicted molar refractivity (Wildman–Crippen MR) is 69.0 cm³/mol. The van der Waals surface area contributed by atoms with Crippen LogP contribution in [0.1, 0.15) is 21.5 Å². The molecule has 1 heterocycles. The molecular formula is C13H13NO2S. The van der Waals surface area contributed by atoms with Crippen molar-refractivity contribution in [2.24, 2.45) is 0 Å². The first-order chi connectivity index (χ1) is 8.16. The van der Waals surface area contributed by atoms with E-state index < -0.39 is 0 Å². The zero-order valence-corrected chi connectivity index (χ0v) is 10.3. The van der Waals surface area contributed by atoms with Crippen molar-refractivity contribution < 1.29 is 9.53 Å². The molecule has 0 saturated carbocycles. The summed E-state index contributed by atoms with van der Waals surface area (Å²) in [5.74, 6) is -0.320. The molecule has 0 fully saturated rings. The average molecular weight is 247 g/mol. The number of esters is 1. The molecule has 0 aliphatic carbocycles. The van der Waals surface area contributed by atoms with Gasteiger partial charge >= 0.3 is 5.97 Å². The Morgan fingerprint density at radius 1 is 1.41 bits per heavy atom. The zero-order valence-electron chi connectivity index (χ0n) is 9.47. The highest BCUT2D eigenvalue weighted by atomic mass is 32.1. The Kier molecular flexibility index (Phi) is 3.44. The highest BCUT2D eigenvalue weighted by molar-refractivity contribution is 7.07. The number of aryl methyl sites for hydroxylation is 1. The van der Waals surface area contributed by atoms with Crippen molar-refractivity contribution in [3.63, 3.8) is 0 Å². The molecule has 0 bridgehead atoms. The van der Waals surface area contributed by atoms with Gasteiger partial charge in [0.25, 0.3) is 0 Å². The van der Waals surface area contributed by atoms with Gasteiger partial charge in [0.1, 0.15) is 6.61 Å². The molecule has 1 aromatic heterocycles. The lowest BCUT2D eigenvalue weighted by atomic mass is 10.1. The lowest BCUT2D eigenvalue weighted by Crippen LogP contribution is -2.05. The molecule has 0 saturated heterocycles. The second kappa shape index (κ2) is 5.01. The molecule has 17 heavy (non-hydrogen) atoms. The molecule has 0 radical (unpaired) electrons. The van der Waals surface area contributed by atoms with E-state index in [4.69, 9.17) is 10.5 Å². The number of carbonyl (C=O) groups is 1. The minimum absolute atomic E-state index is 0.311. The Labute approximate surface area is 104 Å². The largest absolute Gasteiger partial charge is 0.457 e. The first-order valence-electron chi connectivity index (χ1n) is 5.21. The molecular weight excluding hydrogens is 234 g/mol. The van der Waals surface area contributed by atoms with Crippen LogP contribution in [0.25, 0.3) is 0 Å². The van der Waals surface area contributed by atoms with E-state index in [0.717, 1.165) is 11.1 Å². The Morgan fingerprint density at radius 3 is 2.88 bits per heavy atom. The maximum Gasteiger partial charge on any atom is 0.338 e. The molecule has 88 valence electrons. The van der Waals surface area contributed by atoms with Crippen LogP contribution in [0.4, 0.5) is 5.69 Å². The topological polar surface area (TPSA) is 52.3 Å². The fraction of sp³-hybridized carbons (Fsp3) is 0.154. The number of benzene rings is 1. The number of thiophene rings is 1. The van der Waals surface area contributed by atoms with Gasteiger partial charge in [-0.3, -0.25) is 0 Å². The van der Waals surface area contributed by atoms with Crippen LogP contribution in [-0.2, 0) is 11.3 Å². The molecule has 0 aliphatic heterocycles. The fourth-order valence-corrected chi connectivity index (χ4v) is 2.06. The molecule has 0 amide bonds. The summed E-state index contributed by atoms with van der Waals surface area (Å²) in [4.78, 5) is 11.7. The van der Waals surface area contributed by atoms with Crippen molar-refractivity contribution in [1.82, 2.24) is 0 Å². The third-order valence-electron chi connectivity index (χ3n) is 2.46. The van der Waals surface area contributed by atoms with Crippen LogP contribution in [0.5, 0.6) is 0 Å². The summed E-state index contributed by atoms with van der Waals surface area (Å²) in [7, 11) is 0. The van der Waals surface area contributed by atoms with E-state index in [-0.39, 0.29) is 5.97 Å². The second-order valence-electron chi connectivity index (χ2n) is 3.78. The van der Waals surface area contributed by atoms with Gasteiger partial charge < -0.3 is 10.5 Å². The number of ether oxygens (including phenoxy) is 1. The van der Waals surface area contributed by atoms with E-state index >= 15 is 0 Å². The summed E-state index contributed by atoms with van der Waals surface area (Å²) in [5.41, 5.74) is 8.80. The van der Waals surface area contributed by atoms with E-state index in [1.165, 1.54) is 0 Å². The molecule has 3 nitrogen and oxygen atoms in total. The summed E-state index contributed by atoms with van der Waals surface area (Å²) >= 11 is 1.58. The van der Waals surface area contributed by atoms with Crippen molar-refractivity contribution in [3.05, 3.63) is 51.7 Å². The quantitative estimate of drug-likeness (QED) is 0.670. The molecule has 4 heteroatoms. The van der Waals surface area contributed by atoms with E-state index in [0.29, 0.717) is 17.9 Å². The molecule has 0 spiro atoms. The molecule has 0 aliphatic rings. The van der Waals surface area contributed by atoms with Crippen molar-refractivity contribution >= 4 is 23.0 Å². The Hall–Kier alpha value is -1.81. The molecule has 2 N–H and O–H groups in total. The molecule has 1 aromatic carbocycles. The first-order valence-corrected chi connectivity index (χ1v) is 6.15. The smallest absolute Gasteiger partial charge is 0.338 e. The Bertz CT molecular complexity index is 520. The van der Waals surface area contributed by atoms with Crippen LogP contribution in [0, 0.1) is 6.92 Å². The molecule has 0 unspecified atom stereocenters.